The quantitative estimate of drug-likeness (QED) is 0.225. The maximum absolute atomic E-state index is 9.68. The molecule has 1 aliphatic carbocycles. The summed E-state index contributed by atoms with van der Waals surface area (Å²) in [7, 11) is 0. The van der Waals surface area contributed by atoms with Crippen LogP contribution in [0.1, 0.15) is 66.7 Å². The molecule has 0 aromatic heterocycles. The van der Waals surface area contributed by atoms with Crippen molar-refractivity contribution in [2.24, 2.45) is 0 Å². The number of aliphatic hydroxyl groups excluding tert-OH is 1. The van der Waals surface area contributed by atoms with Crippen LogP contribution < -0.4 is 4.72 Å². The Kier molecular flexibility index (Phi) is 8.47. The van der Waals surface area contributed by atoms with E-state index in [1.807, 2.05) is 6.26 Å². The lowest BCUT2D eigenvalue weighted by Crippen LogP contribution is -2.34. The number of benzene rings is 3. The minimum absolute atomic E-state index is 0.193. The van der Waals surface area contributed by atoms with E-state index in [9.17, 15) is 5.11 Å². The zero-order chi connectivity index (χ0) is 24.7. The zero-order valence-electron chi connectivity index (χ0n) is 21.3. The molecule has 188 valence electrons. The largest absolute Gasteiger partial charge is 0.396 e. The Morgan fingerprint density at radius 2 is 1.47 bits per heavy atom. The fourth-order valence-electron chi connectivity index (χ4n) is 5.61. The van der Waals surface area contributed by atoms with Crippen molar-refractivity contribution in [3.63, 3.8) is 0 Å². The second kappa shape index (κ2) is 12.1. The molecule has 0 unspecified atom stereocenters. The third-order valence-electron chi connectivity index (χ3n) is 7.67. The van der Waals surface area contributed by atoms with E-state index in [4.69, 9.17) is 0 Å². The van der Waals surface area contributed by atoms with Crippen molar-refractivity contribution in [1.82, 2.24) is 4.90 Å². The van der Waals surface area contributed by atoms with Crippen LogP contribution in [0, 0.1) is 0 Å². The molecule has 1 saturated heterocycles. The molecule has 3 aromatic carbocycles. The summed E-state index contributed by atoms with van der Waals surface area (Å²) in [6.07, 6.45) is 8.98. The van der Waals surface area contributed by atoms with Gasteiger partial charge in [-0.05, 0) is 103 Å². The highest BCUT2D eigenvalue weighted by atomic mass is 32.2. The monoisotopic (exact) mass is 498 g/mol. The first-order valence-corrected chi connectivity index (χ1v) is 14.6. The second-order valence-corrected chi connectivity index (χ2v) is 10.7. The number of nitrogens with one attached hydrogen (secondary N) is 1. The minimum Gasteiger partial charge on any atom is -0.396 e. The molecule has 1 saturated carbocycles. The normalized spacial score (nSPS) is 17.6. The Bertz CT molecular complexity index is 1130. The van der Waals surface area contributed by atoms with Crippen LogP contribution >= 0.6 is 11.9 Å². The van der Waals surface area contributed by atoms with Crippen LogP contribution in [-0.4, -0.2) is 42.0 Å². The number of allylic oxidation sites excluding steroid dienone is 1. The van der Waals surface area contributed by atoms with Gasteiger partial charge in [0.2, 0.25) is 0 Å². The average Bonchev–Trinajstić information content (AvgIpc) is 3.79. The van der Waals surface area contributed by atoms with E-state index in [2.05, 4.69) is 88.5 Å². The molecule has 0 atom stereocenters. The number of likely N-dealkylation sites (tertiary alicyclic amines) is 1. The molecule has 0 spiro atoms. The topological polar surface area (TPSA) is 35.5 Å². The summed E-state index contributed by atoms with van der Waals surface area (Å²) in [4.78, 5) is 2.70. The van der Waals surface area contributed by atoms with Gasteiger partial charge < -0.3 is 14.7 Å². The van der Waals surface area contributed by atoms with Crippen LogP contribution in [0.2, 0.25) is 0 Å². The number of aliphatic hydroxyl groups is 1. The van der Waals surface area contributed by atoms with Gasteiger partial charge in [-0.3, -0.25) is 0 Å². The van der Waals surface area contributed by atoms with Crippen molar-refractivity contribution in [3.05, 3.63) is 101 Å². The first kappa shape index (κ1) is 25.1. The average molecular weight is 499 g/mol. The Labute approximate surface area is 220 Å². The van der Waals surface area contributed by atoms with E-state index in [1.54, 1.807) is 11.9 Å². The molecule has 2 fully saturated rings. The molecular formula is C32H38N2OS. The van der Waals surface area contributed by atoms with Gasteiger partial charge in [-0.25, -0.2) is 0 Å². The van der Waals surface area contributed by atoms with Gasteiger partial charge in [-0.15, -0.1) is 0 Å². The van der Waals surface area contributed by atoms with Crippen molar-refractivity contribution >= 4 is 28.8 Å². The van der Waals surface area contributed by atoms with E-state index >= 15 is 0 Å². The van der Waals surface area contributed by atoms with Gasteiger partial charge in [0.25, 0.3) is 0 Å². The molecule has 2 N–H and O–H groups in total. The maximum Gasteiger partial charge on any atom is 0.0440 e. The fraction of sp³-hybridized carbons (Fsp3) is 0.375. The van der Waals surface area contributed by atoms with Crippen LogP contribution in [0.15, 0.2) is 78.9 Å². The number of piperidine rings is 1. The molecule has 1 heterocycles. The summed E-state index contributed by atoms with van der Waals surface area (Å²) >= 11 is 1.61. The van der Waals surface area contributed by atoms with E-state index in [0.717, 1.165) is 24.6 Å². The van der Waals surface area contributed by atoms with E-state index in [-0.39, 0.29) is 6.61 Å². The van der Waals surface area contributed by atoms with Crippen molar-refractivity contribution in [2.75, 3.05) is 30.7 Å². The lowest BCUT2D eigenvalue weighted by atomic mass is 9.85. The Hall–Kier alpha value is -2.53. The third kappa shape index (κ3) is 6.05. The lowest BCUT2D eigenvalue weighted by Gasteiger charge is -2.32. The Morgan fingerprint density at radius 3 is 2.06 bits per heavy atom. The molecule has 1 aliphatic heterocycles. The SMILES string of the molecule is CSNc1ccc(/C(=C(\CCCO)c2ccccc2)c2ccc(C3CCN(C4CC4)CC3)cc2)cc1. The van der Waals surface area contributed by atoms with Crippen molar-refractivity contribution in [2.45, 2.75) is 50.5 Å². The smallest absolute Gasteiger partial charge is 0.0440 e. The summed E-state index contributed by atoms with van der Waals surface area (Å²) < 4.78 is 3.33. The molecule has 0 amide bonds. The van der Waals surface area contributed by atoms with Crippen molar-refractivity contribution in [1.29, 1.82) is 0 Å². The summed E-state index contributed by atoms with van der Waals surface area (Å²) in [6.45, 7) is 2.69. The van der Waals surface area contributed by atoms with E-state index in [1.165, 1.54) is 72.2 Å². The standard InChI is InChI=1S/C32H38N2OS/c1-36-33-29-15-13-28(14-16-29)32(31(8-5-23-35)26-6-3-2-4-7-26)27-11-9-24(10-12-27)25-19-21-34(22-20-25)30-17-18-30/h2-4,6-7,9-16,25,30,33,35H,5,8,17-23H2,1H3/b32-31+. The predicted octanol–water partition coefficient (Wildman–Crippen LogP) is 7.45. The van der Waals surface area contributed by atoms with Gasteiger partial charge in [0.1, 0.15) is 0 Å². The number of rotatable bonds is 10. The highest BCUT2D eigenvalue weighted by Crippen LogP contribution is 2.38. The van der Waals surface area contributed by atoms with Crippen LogP contribution in [0.25, 0.3) is 11.1 Å². The molecule has 3 nitrogen and oxygen atoms in total. The Morgan fingerprint density at radius 1 is 0.833 bits per heavy atom. The second-order valence-electron chi connectivity index (χ2n) is 10.1. The van der Waals surface area contributed by atoms with Crippen LogP contribution in [0.5, 0.6) is 0 Å². The van der Waals surface area contributed by atoms with Crippen molar-refractivity contribution in [3.8, 4) is 0 Å². The molecule has 3 aromatic rings. The van der Waals surface area contributed by atoms with Crippen LogP contribution in [0.3, 0.4) is 0 Å². The first-order valence-electron chi connectivity index (χ1n) is 13.4. The summed E-state index contributed by atoms with van der Waals surface area (Å²) in [5.74, 6) is 0.668. The summed E-state index contributed by atoms with van der Waals surface area (Å²) in [5, 5.41) is 9.68. The number of hydrogen-bond acceptors (Lipinski definition) is 4. The molecular weight excluding hydrogens is 460 g/mol. The highest BCUT2D eigenvalue weighted by Gasteiger charge is 2.32. The Balaban J connectivity index is 1.49. The van der Waals surface area contributed by atoms with Gasteiger partial charge in [0.15, 0.2) is 0 Å². The molecule has 2 aliphatic rings. The van der Waals surface area contributed by atoms with E-state index < -0.39 is 0 Å². The highest BCUT2D eigenvalue weighted by molar-refractivity contribution is 7.99. The third-order valence-corrected chi connectivity index (χ3v) is 8.11. The first-order chi connectivity index (χ1) is 17.8. The zero-order valence-corrected chi connectivity index (χ0v) is 22.1. The van der Waals surface area contributed by atoms with Gasteiger partial charge in [0, 0.05) is 24.6 Å². The maximum atomic E-state index is 9.68. The van der Waals surface area contributed by atoms with Crippen LogP contribution in [-0.2, 0) is 0 Å². The van der Waals surface area contributed by atoms with Crippen molar-refractivity contribution < 1.29 is 5.11 Å². The lowest BCUT2D eigenvalue weighted by molar-refractivity contribution is 0.203. The number of nitrogens with zero attached hydrogens (tertiary/aromatic N) is 1. The van der Waals surface area contributed by atoms with Gasteiger partial charge in [-0.1, -0.05) is 78.7 Å². The summed E-state index contributed by atoms with van der Waals surface area (Å²) in [5.41, 5.74) is 8.82. The number of anilines is 1. The molecule has 0 bridgehead atoms. The van der Waals surface area contributed by atoms with Crippen LogP contribution in [0.4, 0.5) is 5.69 Å². The predicted molar refractivity (Wildman–Crippen MR) is 155 cm³/mol. The molecule has 4 heteroatoms. The molecule has 0 radical (unpaired) electrons. The van der Waals surface area contributed by atoms with Gasteiger partial charge in [-0.2, -0.15) is 0 Å². The fourth-order valence-corrected chi connectivity index (χ4v) is 5.98. The molecule has 5 rings (SSSR count). The van der Waals surface area contributed by atoms with E-state index in [0.29, 0.717) is 5.92 Å². The molecule has 36 heavy (non-hydrogen) atoms. The minimum atomic E-state index is 0.193. The van der Waals surface area contributed by atoms with Gasteiger partial charge in [0.05, 0.1) is 0 Å². The summed E-state index contributed by atoms with van der Waals surface area (Å²) in [6, 6.07) is 29.7. The van der Waals surface area contributed by atoms with Gasteiger partial charge >= 0.3 is 0 Å². The number of hydrogen-bond donors (Lipinski definition) is 2.